The Balaban J connectivity index is 0.00000162. The van der Waals surface area contributed by atoms with Gasteiger partial charge < -0.3 is 10.6 Å². The van der Waals surface area contributed by atoms with Gasteiger partial charge in [-0.3, -0.25) is 0 Å². The van der Waals surface area contributed by atoms with Gasteiger partial charge >= 0.3 is 0 Å². The van der Waals surface area contributed by atoms with Crippen molar-refractivity contribution in [3.63, 3.8) is 0 Å². The number of nitrogens with two attached hydrogens (primary N) is 1. The van der Waals surface area contributed by atoms with Crippen molar-refractivity contribution in [2.75, 3.05) is 18.0 Å². The zero-order valence-electron chi connectivity index (χ0n) is 10.3. The van der Waals surface area contributed by atoms with E-state index in [4.69, 9.17) is 5.73 Å². The molecule has 3 heteroatoms. The second-order valence-electron chi connectivity index (χ2n) is 4.03. The first-order valence-corrected chi connectivity index (χ1v) is 5.94. The number of hydrogen-bond acceptors (Lipinski definition) is 2. The molecule has 2 aromatic carbocycles. The van der Waals surface area contributed by atoms with Crippen LogP contribution in [-0.2, 0) is 6.54 Å². The lowest BCUT2D eigenvalue weighted by Gasteiger charge is -2.24. The summed E-state index contributed by atoms with van der Waals surface area (Å²) in [5, 5.41) is 0. The molecule has 0 heterocycles. The summed E-state index contributed by atoms with van der Waals surface area (Å²) in [7, 11) is 0. The van der Waals surface area contributed by atoms with Crippen LogP contribution in [0.3, 0.4) is 0 Å². The van der Waals surface area contributed by atoms with Gasteiger partial charge in [0.25, 0.3) is 0 Å². The molecule has 0 spiro atoms. The topological polar surface area (TPSA) is 29.3 Å². The molecule has 2 rings (SSSR count). The summed E-state index contributed by atoms with van der Waals surface area (Å²) < 4.78 is 0. The van der Waals surface area contributed by atoms with Gasteiger partial charge in [0.05, 0.1) is 0 Å². The van der Waals surface area contributed by atoms with Crippen molar-refractivity contribution in [3.05, 3.63) is 66.2 Å². The van der Waals surface area contributed by atoms with Gasteiger partial charge in [0, 0.05) is 25.3 Å². The van der Waals surface area contributed by atoms with E-state index in [1.54, 1.807) is 0 Å². The fourth-order valence-electron chi connectivity index (χ4n) is 1.90. The molecule has 0 saturated heterocycles. The molecule has 0 aliphatic heterocycles. The number of benzene rings is 2. The van der Waals surface area contributed by atoms with Crippen LogP contribution in [0.2, 0.25) is 0 Å². The third-order valence-electron chi connectivity index (χ3n) is 2.74. The summed E-state index contributed by atoms with van der Waals surface area (Å²) in [6.07, 6.45) is 0. The Morgan fingerprint density at radius 2 is 1.39 bits per heavy atom. The molecule has 18 heavy (non-hydrogen) atoms. The maximum absolute atomic E-state index is 5.68. The molecule has 0 unspecified atom stereocenters. The largest absolute Gasteiger partial charge is 0.366 e. The zero-order chi connectivity index (χ0) is 11.9. The third kappa shape index (κ3) is 4.06. The summed E-state index contributed by atoms with van der Waals surface area (Å²) in [5.41, 5.74) is 8.21. The Bertz CT molecular complexity index is 431. The predicted molar refractivity (Wildman–Crippen MR) is 80.2 cm³/mol. The maximum Gasteiger partial charge on any atom is 0.0430 e. The Morgan fingerprint density at radius 3 is 1.94 bits per heavy atom. The Labute approximate surface area is 115 Å². The molecule has 2 nitrogen and oxygen atoms in total. The van der Waals surface area contributed by atoms with E-state index in [1.165, 1.54) is 11.3 Å². The van der Waals surface area contributed by atoms with E-state index >= 15 is 0 Å². The molecule has 2 aromatic rings. The molecule has 0 radical (unpaired) electrons. The fraction of sp³-hybridized carbons (Fsp3) is 0.200. The van der Waals surface area contributed by atoms with Crippen LogP contribution in [0, 0.1) is 0 Å². The monoisotopic (exact) mass is 262 g/mol. The van der Waals surface area contributed by atoms with Crippen molar-refractivity contribution in [3.8, 4) is 0 Å². The van der Waals surface area contributed by atoms with E-state index in [2.05, 4.69) is 53.4 Å². The summed E-state index contributed by atoms with van der Waals surface area (Å²) in [6.45, 7) is 2.45. The number of hydrogen-bond donors (Lipinski definition) is 1. The van der Waals surface area contributed by atoms with Gasteiger partial charge in [-0.25, -0.2) is 0 Å². The average Bonchev–Trinajstić information content (AvgIpc) is 2.40. The second kappa shape index (κ2) is 7.75. The van der Waals surface area contributed by atoms with E-state index < -0.39 is 0 Å². The Hall–Kier alpha value is -1.51. The van der Waals surface area contributed by atoms with Crippen LogP contribution in [-0.4, -0.2) is 13.1 Å². The van der Waals surface area contributed by atoms with Gasteiger partial charge in [0.15, 0.2) is 0 Å². The van der Waals surface area contributed by atoms with Crippen LogP contribution in [0.5, 0.6) is 0 Å². The maximum atomic E-state index is 5.68. The molecular weight excluding hydrogens is 244 g/mol. The first kappa shape index (κ1) is 14.6. The minimum atomic E-state index is 0. The number of rotatable bonds is 5. The fourth-order valence-corrected chi connectivity index (χ4v) is 1.90. The van der Waals surface area contributed by atoms with Gasteiger partial charge in [0.1, 0.15) is 0 Å². The quantitative estimate of drug-likeness (QED) is 0.897. The summed E-state index contributed by atoms with van der Waals surface area (Å²) in [6, 6.07) is 20.9. The molecule has 0 atom stereocenters. The van der Waals surface area contributed by atoms with Crippen molar-refractivity contribution in [2.45, 2.75) is 6.54 Å². The van der Waals surface area contributed by atoms with Crippen molar-refractivity contribution in [2.24, 2.45) is 5.73 Å². The van der Waals surface area contributed by atoms with Gasteiger partial charge in [-0.2, -0.15) is 0 Å². The molecule has 2 N–H and O–H groups in total. The Morgan fingerprint density at radius 1 is 0.833 bits per heavy atom. The van der Waals surface area contributed by atoms with E-state index in [0.29, 0.717) is 6.54 Å². The number of halogens is 1. The van der Waals surface area contributed by atoms with Crippen LogP contribution in [0.25, 0.3) is 0 Å². The van der Waals surface area contributed by atoms with Crippen molar-refractivity contribution < 1.29 is 0 Å². The van der Waals surface area contributed by atoms with Crippen LogP contribution in [0.15, 0.2) is 60.7 Å². The highest BCUT2D eigenvalue weighted by Crippen LogP contribution is 2.15. The third-order valence-corrected chi connectivity index (χ3v) is 2.74. The molecule has 96 valence electrons. The van der Waals surface area contributed by atoms with Gasteiger partial charge in [-0.15, -0.1) is 12.4 Å². The zero-order valence-corrected chi connectivity index (χ0v) is 11.1. The lowest BCUT2D eigenvalue weighted by Crippen LogP contribution is -2.28. The Kier molecular flexibility index (Phi) is 6.26. The van der Waals surface area contributed by atoms with Gasteiger partial charge in [-0.1, -0.05) is 48.5 Å². The molecule has 0 aliphatic rings. The number of nitrogens with zero attached hydrogens (tertiary/aromatic N) is 1. The van der Waals surface area contributed by atoms with E-state index in [1.807, 2.05) is 12.1 Å². The highest BCUT2D eigenvalue weighted by molar-refractivity contribution is 5.85. The van der Waals surface area contributed by atoms with Gasteiger partial charge in [-0.05, 0) is 17.7 Å². The smallest absolute Gasteiger partial charge is 0.0430 e. The molecule has 0 aliphatic carbocycles. The molecule has 0 saturated carbocycles. The van der Waals surface area contributed by atoms with E-state index in [9.17, 15) is 0 Å². The van der Waals surface area contributed by atoms with E-state index in [0.717, 1.165) is 13.1 Å². The number of para-hydroxylation sites is 1. The average molecular weight is 263 g/mol. The summed E-state index contributed by atoms with van der Waals surface area (Å²) >= 11 is 0. The lowest BCUT2D eigenvalue weighted by atomic mass is 10.2. The second-order valence-corrected chi connectivity index (χ2v) is 4.03. The highest BCUT2D eigenvalue weighted by atomic mass is 35.5. The van der Waals surface area contributed by atoms with Crippen molar-refractivity contribution >= 4 is 18.1 Å². The van der Waals surface area contributed by atoms with Gasteiger partial charge in [0.2, 0.25) is 0 Å². The van der Waals surface area contributed by atoms with Crippen LogP contribution >= 0.6 is 12.4 Å². The summed E-state index contributed by atoms with van der Waals surface area (Å²) in [4.78, 5) is 2.30. The van der Waals surface area contributed by atoms with Crippen LogP contribution in [0.1, 0.15) is 5.56 Å². The first-order chi connectivity index (χ1) is 8.40. The van der Waals surface area contributed by atoms with Crippen molar-refractivity contribution in [1.29, 1.82) is 0 Å². The van der Waals surface area contributed by atoms with Crippen molar-refractivity contribution in [1.82, 2.24) is 0 Å². The minimum Gasteiger partial charge on any atom is -0.366 e. The highest BCUT2D eigenvalue weighted by Gasteiger charge is 2.05. The van der Waals surface area contributed by atoms with Crippen LogP contribution in [0.4, 0.5) is 5.69 Å². The lowest BCUT2D eigenvalue weighted by molar-refractivity contribution is 0.790. The molecule has 0 amide bonds. The molecular formula is C15H19ClN2. The summed E-state index contributed by atoms with van der Waals surface area (Å²) in [5.74, 6) is 0. The normalized spacial score (nSPS) is 9.61. The first-order valence-electron chi connectivity index (χ1n) is 5.94. The molecule has 0 fully saturated rings. The number of anilines is 1. The standard InChI is InChI=1S/C15H18N2.ClH/c16-11-12-17(15-9-5-2-6-10-15)13-14-7-3-1-4-8-14;/h1-10H,11-13,16H2;1H. The SMILES string of the molecule is Cl.NCCN(Cc1ccccc1)c1ccccc1. The molecule has 0 aromatic heterocycles. The minimum absolute atomic E-state index is 0. The van der Waals surface area contributed by atoms with Crippen LogP contribution < -0.4 is 10.6 Å². The van der Waals surface area contributed by atoms with E-state index in [-0.39, 0.29) is 12.4 Å². The molecule has 0 bridgehead atoms. The predicted octanol–water partition coefficient (Wildman–Crippen LogP) is 3.07.